The molecule has 106 valence electrons. The van der Waals surface area contributed by atoms with Crippen molar-refractivity contribution in [1.82, 2.24) is 0 Å². The van der Waals surface area contributed by atoms with Crippen LogP contribution in [0, 0.1) is 11.3 Å². The van der Waals surface area contributed by atoms with Crippen LogP contribution in [0.2, 0.25) is 0 Å². The minimum absolute atomic E-state index is 0.0813. The van der Waals surface area contributed by atoms with E-state index in [4.69, 9.17) is 23.2 Å². The molecular formula is C16H20N2OS. The van der Waals surface area contributed by atoms with Gasteiger partial charge in [-0.3, -0.25) is 0 Å². The van der Waals surface area contributed by atoms with Crippen molar-refractivity contribution in [3.05, 3.63) is 34.4 Å². The van der Waals surface area contributed by atoms with Gasteiger partial charge in [-0.15, -0.1) is 0 Å². The van der Waals surface area contributed by atoms with Crippen LogP contribution in [0.1, 0.15) is 56.2 Å². The van der Waals surface area contributed by atoms with Gasteiger partial charge in [0.05, 0.1) is 5.57 Å². The summed E-state index contributed by atoms with van der Waals surface area (Å²) in [6, 6.07) is 5.75. The number of hydrogen-bond acceptors (Lipinski definition) is 3. The fourth-order valence-electron chi connectivity index (χ4n) is 1.99. The molecule has 1 rings (SSSR count). The highest BCUT2D eigenvalue weighted by Gasteiger charge is 2.15. The normalized spacial score (nSPS) is 11.8. The van der Waals surface area contributed by atoms with E-state index in [1.54, 1.807) is 6.08 Å². The Labute approximate surface area is 125 Å². The van der Waals surface area contributed by atoms with E-state index in [2.05, 4.69) is 0 Å². The number of nitriles is 1. The van der Waals surface area contributed by atoms with Gasteiger partial charge in [-0.2, -0.15) is 5.26 Å². The molecule has 0 unspecified atom stereocenters. The van der Waals surface area contributed by atoms with Crippen LogP contribution in [0.5, 0.6) is 5.75 Å². The van der Waals surface area contributed by atoms with Crippen LogP contribution in [0.15, 0.2) is 17.7 Å². The molecule has 0 aliphatic heterocycles. The SMILES string of the molecule is CC(C)c1cc(/C=C(\C#N)C(N)=S)cc(C(C)C)c1O. The topological polar surface area (TPSA) is 70.0 Å². The third-order valence-corrected chi connectivity index (χ3v) is 3.35. The fourth-order valence-corrected chi connectivity index (χ4v) is 2.10. The summed E-state index contributed by atoms with van der Waals surface area (Å²) in [4.78, 5) is 0.0813. The number of nitrogens with zero attached hydrogens (tertiary/aromatic N) is 1. The number of aromatic hydroxyl groups is 1. The van der Waals surface area contributed by atoms with Gasteiger partial charge in [-0.25, -0.2) is 0 Å². The number of hydrogen-bond donors (Lipinski definition) is 2. The van der Waals surface area contributed by atoms with E-state index >= 15 is 0 Å². The molecule has 4 heteroatoms. The molecule has 0 atom stereocenters. The average Bonchev–Trinajstić information content (AvgIpc) is 2.36. The molecule has 1 aromatic carbocycles. The first kappa shape index (κ1) is 16.2. The maximum Gasteiger partial charge on any atom is 0.122 e. The van der Waals surface area contributed by atoms with Crippen molar-refractivity contribution in [3.63, 3.8) is 0 Å². The van der Waals surface area contributed by atoms with E-state index < -0.39 is 0 Å². The highest BCUT2D eigenvalue weighted by Crippen LogP contribution is 2.35. The summed E-state index contributed by atoms with van der Waals surface area (Å²) in [5.41, 5.74) is 8.35. The molecule has 0 bridgehead atoms. The monoisotopic (exact) mass is 288 g/mol. The third-order valence-electron chi connectivity index (χ3n) is 3.13. The van der Waals surface area contributed by atoms with E-state index in [9.17, 15) is 5.11 Å². The van der Waals surface area contributed by atoms with Crippen molar-refractivity contribution >= 4 is 23.3 Å². The Kier molecular flexibility index (Phi) is 5.29. The predicted molar refractivity (Wildman–Crippen MR) is 86.7 cm³/mol. The van der Waals surface area contributed by atoms with E-state index in [-0.39, 0.29) is 22.4 Å². The lowest BCUT2D eigenvalue weighted by atomic mass is 9.91. The van der Waals surface area contributed by atoms with Crippen LogP contribution >= 0.6 is 12.2 Å². The fraction of sp³-hybridized carbons (Fsp3) is 0.375. The lowest BCUT2D eigenvalue weighted by Gasteiger charge is -2.16. The second kappa shape index (κ2) is 6.53. The lowest BCUT2D eigenvalue weighted by Crippen LogP contribution is -2.09. The van der Waals surface area contributed by atoms with Crippen LogP contribution in [-0.4, -0.2) is 10.1 Å². The molecular weight excluding hydrogens is 268 g/mol. The molecule has 20 heavy (non-hydrogen) atoms. The zero-order valence-electron chi connectivity index (χ0n) is 12.3. The van der Waals surface area contributed by atoms with Gasteiger partial charge < -0.3 is 10.8 Å². The van der Waals surface area contributed by atoms with Gasteiger partial charge in [0.1, 0.15) is 16.8 Å². The van der Waals surface area contributed by atoms with Gasteiger partial charge >= 0.3 is 0 Å². The molecule has 0 amide bonds. The number of phenols is 1. The average molecular weight is 288 g/mol. The second-order valence-corrected chi connectivity index (χ2v) is 5.83. The number of rotatable bonds is 4. The van der Waals surface area contributed by atoms with Crippen LogP contribution in [0.4, 0.5) is 0 Å². The van der Waals surface area contributed by atoms with Gasteiger partial charge in [0.15, 0.2) is 0 Å². The summed E-state index contributed by atoms with van der Waals surface area (Å²) >= 11 is 4.85. The number of benzene rings is 1. The Morgan fingerprint density at radius 3 is 2.00 bits per heavy atom. The van der Waals surface area contributed by atoms with Crippen molar-refractivity contribution in [2.24, 2.45) is 5.73 Å². The zero-order valence-corrected chi connectivity index (χ0v) is 13.1. The summed E-state index contributed by atoms with van der Waals surface area (Å²) in [5.74, 6) is 0.716. The first-order chi connectivity index (χ1) is 9.27. The van der Waals surface area contributed by atoms with Crippen molar-refractivity contribution in [2.75, 3.05) is 0 Å². The molecule has 0 aromatic heterocycles. The molecule has 3 N–H and O–H groups in total. The van der Waals surface area contributed by atoms with Gasteiger partial charge in [-0.1, -0.05) is 39.9 Å². The summed E-state index contributed by atoms with van der Waals surface area (Å²) in [7, 11) is 0. The summed E-state index contributed by atoms with van der Waals surface area (Å²) < 4.78 is 0. The van der Waals surface area contributed by atoms with Gasteiger partial charge in [-0.05, 0) is 46.7 Å². The highest BCUT2D eigenvalue weighted by atomic mass is 32.1. The van der Waals surface area contributed by atoms with Crippen LogP contribution in [-0.2, 0) is 0 Å². The molecule has 0 aliphatic rings. The molecule has 3 nitrogen and oxygen atoms in total. The van der Waals surface area contributed by atoms with Crippen LogP contribution < -0.4 is 5.73 Å². The first-order valence-electron chi connectivity index (χ1n) is 6.56. The zero-order chi connectivity index (χ0) is 15.4. The molecule has 0 radical (unpaired) electrons. The number of phenolic OH excluding ortho intramolecular Hbond substituents is 1. The maximum atomic E-state index is 10.3. The van der Waals surface area contributed by atoms with E-state index in [1.165, 1.54) is 0 Å². The standard InChI is InChI=1S/C16H20N2OS/c1-9(2)13-6-11(5-12(8-17)16(18)20)7-14(10(3)4)15(13)19/h5-7,9-10,19H,1-4H3,(H2,18,20)/b12-5+. The van der Waals surface area contributed by atoms with Gasteiger partial charge in [0, 0.05) is 0 Å². The molecule has 0 saturated carbocycles. The quantitative estimate of drug-likeness (QED) is 0.502. The van der Waals surface area contributed by atoms with Crippen molar-refractivity contribution in [2.45, 2.75) is 39.5 Å². The predicted octanol–water partition coefficient (Wildman–Crippen LogP) is 3.83. The lowest BCUT2D eigenvalue weighted by molar-refractivity contribution is 0.454. The Morgan fingerprint density at radius 1 is 1.25 bits per heavy atom. The Bertz CT molecular complexity index is 566. The van der Waals surface area contributed by atoms with Gasteiger partial charge in [0.2, 0.25) is 0 Å². The summed E-state index contributed by atoms with van der Waals surface area (Å²) in [5, 5.41) is 19.4. The summed E-state index contributed by atoms with van der Waals surface area (Å²) in [6.07, 6.45) is 1.67. The number of thiocarbonyl (C=S) groups is 1. The summed E-state index contributed by atoms with van der Waals surface area (Å²) in [6.45, 7) is 8.08. The van der Waals surface area contributed by atoms with Crippen LogP contribution in [0.25, 0.3) is 6.08 Å². The molecule has 0 aliphatic carbocycles. The number of nitrogens with two attached hydrogens (primary N) is 1. The van der Waals surface area contributed by atoms with E-state index in [1.807, 2.05) is 45.9 Å². The van der Waals surface area contributed by atoms with E-state index in [0.29, 0.717) is 5.75 Å². The van der Waals surface area contributed by atoms with Crippen LogP contribution in [0.3, 0.4) is 0 Å². The van der Waals surface area contributed by atoms with E-state index in [0.717, 1.165) is 16.7 Å². The molecule has 0 spiro atoms. The molecule has 0 fully saturated rings. The first-order valence-corrected chi connectivity index (χ1v) is 6.97. The minimum atomic E-state index is 0.0813. The smallest absolute Gasteiger partial charge is 0.122 e. The van der Waals surface area contributed by atoms with Crippen molar-refractivity contribution < 1.29 is 5.11 Å². The molecule has 0 saturated heterocycles. The highest BCUT2D eigenvalue weighted by molar-refractivity contribution is 7.80. The Balaban J connectivity index is 3.50. The molecule has 0 heterocycles. The second-order valence-electron chi connectivity index (χ2n) is 5.39. The van der Waals surface area contributed by atoms with Crippen molar-refractivity contribution in [3.8, 4) is 11.8 Å². The Hall–Kier alpha value is -1.86. The molecule has 1 aromatic rings. The minimum Gasteiger partial charge on any atom is -0.507 e. The Morgan fingerprint density at radius 2 is 1.70 bits per heavy atom. The maximum absolute atomic E-state index is 10.3. The van der Waals surface area contributed by atoms with Crippen molar-refractivity contribution in [1.29, 1.82) is 5.26 Å². The largest absolute Gasteiger partial charge is 0.507 e. The van der Waals surface area contributed by atoms with Gasteiger partial charge in [0.25, 0.3) is 0 Å². The third kappa shape index (κ3) is 3.58.